The minimum absolute atomic E-state index is 0.00864. The zero-order chi connectivity index (χ0) is 22.8. The quantitative estimate of drug-likeness (QED) is 0.324. The topological polar surface area (TPSA) is 49.3 Å². The van der Waals surface area contributed by atoms with Crippen LogP contribution in [0.2, 0.25) is 0 Å². The van der Waals surface area contributed by atoms with E-state index in [0.29, 0.717) is 5.92 Å². The Labute approximate surface area is 202 Å². The number of piperidine rings is 1. The molecule has 1 fully saturated rings. The number of hydrogen-bond donors (Lipinski definition) is 0. The molecular formula is C26H28N4OS2. The number of carbonyl (C=O) groups is 1. The van der Waals surface area contributed by atoms with Crippen LogP contribution in [-0.4, -0.2) is 33.9 Å². The second kappa shape index (κ2) is 9.71. The molecule has 1 atom stereocenters. The molecule has 4 aromatic rings. The van der Waals surface area contributed by atoms with E-state index in [1.807, 2.05) is 29.5 Å². The van der Waals surface area contributed by atoms with Gasteiger partial charge in [0, 0.05) is 31.3 Å². The van der Waals surface area contributed by atoms with Gasteiger partial charge in [-0.25, -0.2) is 9.97 Å². The van der Waals surface area contributed by atoms with Crippen LogP contribution in [0.15, 0.2) is 53.9 Å². The largest absolute Gasteiger partial charge is 0.297 e. The van der Waals surface area contributed by atoms with Crippen LogP contribution in [0.1, 0.15) is 48.9 Å². The van der Waals surface area contributed by atoms with Gasteiger partial charge < -0.3 is 0 Å². The van der Waals surface area contributed by atoms with Gasteiger partial charge in [0.2, 0.25) is 5.91 Å². The molecule has 2 aromatic heterocycles. The highest BCUT2D eigenvalue weighted by atomic mass is 32.1. The molecular weight excluding hydrogens is 448 g/mol. The lowest BCUT2D eigenvalue weighted by atomic mass is 9.98. The van der Waals surface area contributed by atoms with Crippen LogP contribution in [0, 0.1) is 0 Å². The number of rotatable bonds is 6. The van der Waals surface area contributed by atoms with Gasteiger partial charge in [0.05, 0.1) is 26.6 Å². The number of likely N-dealkylation sites (tertiary alicyclic amines) is 1. The Kier molecular flexibility index (Phi) is 6.53. The van der Waals surface area contributed by atoms with Gasteiger partial charge in [0.15, 0.2) is 5.13 Å². The van der Waals surface area contributed by atoms with E-state index in [1.165, 1.54) is 22.5 Å². The number of carbonyl (C=O) groups excluding carboxylic acids is 1. The molecule has 0 bridgehead atoms. The minimum atomic E-state index is -0.00864. The van der Waals surface area contributed by atoms with Gasteiger partial charge in [0.25, 0.3) is 0 Å². The van der Waals surface area contributed by atoms with Crippen LogP contribution in [0.3, 0.4) is 0 Å². The van der Waals surface area contributed by atoms with Gasteiger partial charge in [-0.15, -0.1) is 22.7 Å². The average molecular weight is 477 g/mol. The molecule has 7 heteroatoms. The number of benzene rings is 2. The number of thiazole rings is 2. The third kappa shape index (κ3) is 4.71. The number of aryl methyl sites for hydroxylation is 1. The molecule has 0 aliphatic carbocycles. The molecule has 1 aliphatic heterocycles. The van der Waals surface area contributed by atoms with Gasteiger partial charge in [0.1, 0.15) is 0 Å². The number of aromatic nitrogens is 2. The number of anilines is 2. The van der Waals surface area contributed by atoms with Crippen molar-refractivity contribution < 1.29 is 4.79 Å². The third-order valence-corrected chi connectivity index (χ3v) is 8.28. The number of para-hydroxylation sites is 2. The summed E-state index contributed by atoms with van der Waals surface area (Å²) in [5, 5.41) is 4.10. The fourth-order valence-corrected chi connectivity index (χ4v) is 6.57. The maximum atomic E-state index is 12.6. The van der Waals surface area contributed by atoms with E-state index in [2.05, 4.69) is 47.5 Å². The number of hydrogen-bond acceptors (Lipinski definition) is 6. The predicted octanol–water partition coefficient (Wildman–Crippen LogP) is 6.38. The van der Waals surface area contributed by atoms with Crippen molar-refractivity contribution >= 4 is 49.6 Å². The molecule has 1 amide bonds. The van der Waals surface area contributed by atoms with Crippen molar-refractivity contribution in [2.24, 2.45) is 0 Å². The van der Waals surface area contributed by atoms with Crippen LogP contribution in [0.4, 0.5) is 10.8 Å². The normalized spacial score (nSPS) is 16.8. The maximum absolute atomic E-state index is 12.6. The Bertz CT molecular complexity index is 1230. The van der Waals surface area contributed by atoms with Gasteiger partial charge >= 0.3 is 0 Å². The van der Waals surface area contributed by atoms with E-state index < -0.39 is 0 Å². The first-order valence-corrected chi connectivity index (χ1v) is 13.2. The molecule has 5 rings (SSSR count). The molecule has 5 nitrogen and oxygen atoms in total. The van der Waals surface area contributed by atoms with Gasteiger partial charge in [-0.1, -0.05) is 37.3 Å². The van der Waals surface area contributed by atoms with Crippen LogP contribution in [0.25, 0.3) is 10.2 Å². The molecule has 1 aliphatic rings. The molecule has 33 heavy (non-hydrogen) atoms. The van der Waals surface area contributed by atoms with E-state index >= 15 is 0 Å². The Morgan fingerprint density at radius 2 is 1.97 bits per heavy atom. The second-order valence-corrected chi connectivity index (χ2v) is 10.5. The Hall–Kier alpha value is -2.61. The van der Waals surface area contributed by atoms with Gasteiger partial charge in [-0.05, 0) is 49.6 Å². The van der Waals surface area contributed by atoms with Crippen molar-refractivity contribution in [1.82, 2.24) is 14.9 Å². The highest BCUT2D eigenvalue weighted by Gasteiger charge is 2.25. The molecule has 2 aromatic carbocycles. The standard InChI is InChI=1S/C26H28N4OS2/c1-3-19-9-4-6-12-23(19)30(18(2)31)26-27-21(17-32-26)16-29-14-8-10-20(15-29)25-28-22-11-5-7-13-24(22)33-25/h4-7,9,11-13,17,20H,3,8,10,14-16H2,1-2H3/t20-/m1/s1. The number of nitrogens with zero attached hydrogens (tertiary/aromatic N) is 4. The fraction of sp³-hybridized carbons (Fsp3) is 0.346. The zero-order valence-electron chi connectivity index (χ0n) is 19.0. The van der Waals surface area contributed by atoms with Crippen molar-refractivity contribution in [3.8, 4) is 0 Å². The number of fused-ring (bicyclic) bond motifs is 1. The van der Waals surface area contributed by atoms with Gasteiger partial charge in [-0.2, -0.15) is 0 Å². The lowest BCUT2D eigenvalue weighted by molar-refractivity contribution is -0.115. The van der Waals surface area contributed by atoms with Crippen LogP contribution >= 0.6 is 22.7 Å². The monoisotopic (exact) mass is 476 g/mol. The summed E-state index contributed by atoms with van der Waals surface area (Å²) in [6.45, 7) is 6.60. The molecule has 0 N–H and O–H groups in total. The van der Waals surface area contributed by atoms with Crippen LogP contribution < -0.4 is 4.90 Å². The summed E-state index contributed by atoms with van der Waals surface area (Å²) < 4.78 is 1.27. The average Bonchev–Trinajstić information content (AvgIpc) is 3.47. The fourth-order valence-electron chi connectivity index (χ4n) is 4.60. The molecule has 0 spiro atoms. The first-order valence-electron chi connectivity index (χ1n) is 11.5. The van der Waals surface area contributed by atoms with Gasteiger partial charge in [-0.3, -0.25) is 14.6 Å². The lowest BCUT2D eigenvalue weighted by Crippen LogP contribution is -2.34. The minimum Gasteiger partial charge on any atom is -0.297 e. The summed E-state index contributed by atoms with van der Waals surface area (Å²) in [4.78, 5) is 26.6. The summed E-state index contributed by atoms with van der Waals surface area (Å²) in [6.07, 6.45) is 3.23. The highest BCUT2D eigenvalue weighted by Crippen LogP contribution is 2.35. The molecule has 0 unspecified atom stereocenters. The summed E-state index contributed by atoms with van der Waals surface area (Å²) in [6, 6.07) is 16.5. The van der Waals surface area contributed by atoms with E-state index in [4.69, 9.17) is 9.97 Å². The second-order valence-electron chi connectivity index (χ2n) is 8.55. The van der Waals surface area contributed by atoms with E-state index in [-0.39, 0.29) is 5.91 Å². The van der Waals surface area contributed by atoms with Crippen LogP contribution in [0.5, 0.6) is 0 Å². The first-order chi connectivity index (χ1) is 16.1. The summed E-state index contributed by atoms with van der Waals surface area (Å²) >= 11 is 3.37. The summed E-state index contributed by atoms with van der Waals surface area (Å²) in [5.74, 6) is 0.463. The van der Waals surface area contributed by atoms with E-state index in [1.54, 1.807) is 23.2 Å². The Balaban J connectivity index is 1.32. The van der Waals surface area contributed by atoms with Crippen molar-refractivity contribution in [3.05, 3.63) is 70.2 Å². The van der Waals surface area contributed by atoms with E-state index in [9.17, 15) is 4.79 Å². The van der Waals surface area contributed by atoms with Crippen molar-refractivity contribution in [1.29, 1.82) is 0 Å². The Morgan fingerprint density at radius 3 is 2.79 bits per heavy atom. The van der Waals surface area contributed by atoms with Crippen LogP contribution in [-0.2, 0) is 17.8 Å². The summed E-state index contributed by atoms with van der Waals surface area (Å²) in [5.41, 5.74) is 4.22. The van der Waals surface area contributed by atoms with Crippen molar-refractivity contribution in [2.45, 2.75) is 45.6 Å². The highest BCUT2D eigenvalue weighted by molar-refractivity contribution is 7.18. The first kappa shape index (κ1) is 22.2. The third-order valence-electron chi connectivity index (χ3n) is 6.21. The summed E-state index contributed by atoms with van der Waals surface area (Å²) in [7, 11) is 0. The van der Waals surface area contributed by atoms with Crippen molar-refractivity contribution in [3.63, 3.8) is 0 Å². The molecule has 0 radical (unpaired) electrons. The predicted molar refractivity (Wildman–Crippen MR) is 138 cm³/mol. The lowest BCUT2D eigenvalue weighted by Gasteiger charge is -2.31. The SMILES string of the molecule is CCc1ccccc1N(C(C)=O)c1nc(CN2CCC[C@@H](c3nc4ccccc4s3)C2)cs1. The maximum Gasteiger partial charge on any atom is 0.230 e. The Morgan fingerprint density at radius 1 is 1.15 bits per heavy atom. The molecule has 0 saturated carbocycles. The van der Waals surface area contributed by atoms with E-state index in [0.717, 1.165) is 53.6 Å². The zero-order valence-corrected chi connectivity index (χ0v) is 20.7. The molecule has 3 heterocycles. The smallest absolute Gasteiger partial charge is 0.230 e. The molecule has 170 valence electrons. The molecule has 1 saturated heterocycles. The number of amides is 1. The van der Waals surface area contributed by atoms with Crippen molar-refractivity contribution in [2.75, 3.05) is 18.0 Å².